The van der Waals surface area contributed by atoms with E-state index in [2.05, 4.69) is 49.7 Å². The van der Waals surface area contributed by atoms with Gasteiger partial charge in [0.05, 0.1) is 0 Å². The third-order valence-electron chi connectivity index (χ3n) is 4.27. The highest BCUT2D eigenvalue weighted by atomic mass is 15.2. The van der Waals surface area contributed by atoms with Crippen molar-refractivity contribution in [1.82, 2.24) is 4.98 Å². The summed E-state index contributed by atoms with van der Waals surface area (Å²) in [5, 5.41) is 0. The van der Waals surface area contributed by atoms with Crippen molar-refractivity contribution in [2.24, 2.45) is 11.7 Å². The number of anilines is 1. The Kier molecular flexibility index (Phi) is 4.14. The van der Waals surface area contributed by atoms with Crippen LogP contribution in [0.2, 0.25) is 0 Å². The second kappa shape index (κ2) is 5.49. The number of aromatic nitrogens is 1. The van der Waals surface area contributed by atoms with E-state index < -0.39 is 0 Å². The lowest BCUT2D eigenvalue weighted by molar-refractivity contribution is 0.348. The number of nitrogens with two attached hydrogens (primary N) is 1. The van der Waals surface area contributed by atoms with Gasteiger partial charge in [0.25, 0.3) is 0 Å². The third-order valence-corrected chi connectivity index (χ3v) is 4.27. The Labute approximate surface area is 117 Å². The quantitative estimate of drug-likeness (QED) is 0.890. The van der Waals surface area contributed by atoms with Crippen LogP contribution in [0.4, 0.5) is 5.82 Å². The Morgan fingerprint density at radius 2 is 2.11 bits per heavy atom. The monoisotopic (exact) mass is 261 g/mol. The zero-order valence-corrected chi connectivity index (χ0v) is 12.7. The summed E-state index contributed by atoms with van der Waals surface area (Å²) in [6.07, 6.45) is 4.53. The topological polar surface area (TPSA) is 42.2 Å². The molecule has 1 saturated heterocycles. The van der Waals surface area contributed by atoms with Gasteiger partial charge in [-0.2, -0.15) is 0 Å². The molecule has 3 nitrogen and oxygen atoms in total. The smallest absolute Gasteiger partial charge is 0.128 e. The van der Waals surface area contributed by atoms with Crippen LogP contribution in [0.1, 0.15) is 46.1 Å². The highest BCUT2D eigenvalue weighted by Crippen LogP contribution is 2.28. The Hall–Kier alpha value is -1.09. The molecule has 0 spiro atoms. The van der Waals surface area contributed by atoms with Gasteiger partial charge in [-0.05, 0) is 35.8 Å². The van der Waals surface area contributed by atoms with E-state index in [1.807, 2.05) is 6.20 Å². The lowest BCUT2D eigenvalue weighted by atomic mass is 9.88. The molecule has 0 bridgehead atoms. The lowest BCUT2D eigenvalue weighted by Gasteiger charge is -2.40. The maximum absolute atomic E-state index is 5.95. The molecule has 106 valence electrons. The highest BCUT2D eigenvalue weighted by molar-refractivity contribution is 5.42. The molecule has 1 aromatic heterocycles. The van der Waals surface area contributed by atoms with Crippen LogP contribution in [0.5, 0.6) is 0 Å². The lowest BCUT2D eigenvalue weighted by Crippen LogP contribution is -2.49. The second-order valence-electron chi connectivity index (χ2n) is 6.77. The molecule has 2 unspecified atom stereocenters. The van der Waals surface area contributed by atoms with Gasteiger partial charge in [0, 0.05) is 25.3 Å². The molecule has 19 heavy (non-hydrogen) atoms. The molecule has 1 aliphatic heterocycles. The number of rotatable bonds is 2. The molecule has 2 heterocycles. The van der Waals surface area contributed by atoms with Crippen molar-refractivity contribution in [3.63, 3.8) is 0 Å². The summed E-state index contributed by atoms with van der Waals surface area (Å²) in [5.41, 5.74) is 7.39. The average Bonchev–Trinajstić information content (AvgIpc) is 2.37. The van der Waals surface area contributed by atoms with Crippen LogP contribution in [0, 0.1) is 5.92 Å². The predicted molar refractivity (Wildman–Crippen MR) is 81.5 cm³/mol. The first-order valence-electron chi connectivity index (χ1n) is 7.36. The maximum atomic E-state index is 5.95. The summed E-state index contributed by atoms with van der Waals surface area (Å²) < 4.78 is 0. The van der Waals surface area contributed by atoms with E-state index in [4.69, 9.17) is 5.73 Å². The van der Waals surface area contributed by atoms with Gasteiger partial charge < -0.3 is 10.6 Å². The van der Waals surface area contributed by atoms with Crippen molar-refractivity contribution >= 4 is 5.82 Å². The molecule has 0 aliphatic carbocycles. The van der Waals surface area contributed by atoms with Gasteiger partial charge in [-0.15, -0.1) is 0 Å². The number of hydrogen-bond donors (Lipinski definition) is 1. The molecule has 0 radical (unpaired) electrons. The molecule has 3 heteroatoms. The molecule has 2 atom stereocenters. The average molecular weight is 261 g/mol. The Morgan fingerprint density at radius 1 is 1.37 bits per heavy atom. The van der Waals surface area contributed by atoms with E-state index >= 15 is 0 Å². The Morgan fingerprint density at radius 3 is 2.63 bits per heavy atom. The third kappa shape index (κ3) is 3.08. The second-order valence-corrected chi connectivity index (χ2v) is 6.77. The molecule has 1 fully saturated rings. The van der Waals surface area contributed by atoms with Crippen molar-refractivity contribution in [3.05, 3.63) is 23.9 Å². The van der Waals surface area contributed by atoms with Gasteiger partial charge in [0.2, 0.25) is 0 Å². The van der Waals surface area contributed by atoms with E-state index in [9.17, 15) is 0 Å². The standard InChI is InChI=1S/C16H27N3/c1-12-6-5-9-19(14(12)10-17)15-8-7-13(11-18-15)16(2,3)4/h7-8,11-12,14H,5-6,9-10,17H2,1-4H3. The fraction of sp³-hybridized carbons (Fsp3) is 0.688. The fourth-order valence-electron chi connectivity index (χ4n) is 2.89. The van der Waals surface area contributed by atoms with Crippen LogP contribution in [-0.4, -0.2) is 24.1 Å². The first kappa shape index (κ1) is 14.3. The van der Waals surface area contributed by atoms with E-state index in [-0.39, 0.29) is 5.41 Å². The summed E-state index contributed by atoms with van der Waals surface area (Å²) in [6.45, 7) is 10.7. The van der Waals surface area contributed by atoms with Gasteiger partial charge in [0.15, 0.2) is 0 Å². The van der Waals surface area contributed by atoms with Crippen LogP contribution < -0.4 is 10.6 Å². The first-order chi connectivity index (χ1) is 8.93. The summed E-state index contributed by atoms with van der Waals surface area (Å²) in [4.78, 5) is 7.06. The Balaban J connectivity index is 2.21. The number of pyridine rings is 1. The fourth-order valence-corrected chi connectivity index (χ4v) is 2.89. The van der Waals surface area contributed by atoms with Gasteiger partial charge >= 0.3 is 0 Å². The highest BCUT2D eigenvalue weighted by Gasteiger charge is 2.28. The molecule has 0 saturated carbocycles. The van der Waals surface area contributed by atoms with Crippen LogP contribution in [0.3, 0.4) is 0 Å². The summed E-state index contributed by atoms with van der Waals surface area (Å²) in [7, 11) is 0. The first-order valence-corrected chi connectivity index (χ1v) is 7.36. The predicted octanol–water partition coefficient (Wildman–Crippen LogP) is 2.94. The minimum Gasteiger partial charge on any atom is -0.352 e. The molecule has 1 aromatic rings. The van der Waals surface area contributed by atoms with Crippen molar-refractivity contribution in [2.45, 2.75) is 52.0 Å². The van der Waals surface area contributed by atoms with Gasteiger partial charge in [-0.3, -0.25) is 0 Å². The number of nitrogens with zero attached hydrogens (tertiary/aromatic N) is 2. The number of piperidine rings is 1. The van der Waals surface area contributed by atoms with Crippen LogP contribution >= 0.6 is 0 Å². The summed E-state index contributed by atoms with van der Waals surface area (Å²) in [6, 6.07) is 4.79. The van der Waals surface area contributed by atoms with E-state index in [0.717, 1.165) is 12.4 Å². The van der Waals surface area contributed by atoms with Crippen LogP contribution in [0.25, 0.3) is 0 Å². The summed E-state index contributed by atoms with van der Waals surface area (Å²) >= 11 is 0. The molecular weight excluding hydrogens is 234 g/mol. The number of hydrogen-bond acceptors (Lipinski definition) is 3. The molecule has 2 N–H and O–H groups in total. The minimum absolute atomic E-state index is 0.161. The Bertz CT molecular complexity index is 405. The van der Waals surface area contributed by atoms with Crippen molar-refractivity contribution in [2.75, 3.05) is 18.0 Å². The largest absolute Gasteiger partial charge is 0.352 e. The normalized spacial score (nSPS) is 24.6. The molecular formula is C16H27N3. The molecule has 2 rings (SSSR count). The van der Waals surface area contributed by atoms with E-state index in [0.29, 0.717) is 18.5 Å². The molecule has 1 aliphatic rings. The van der Waals surface area contributed by atoms with Crippen LogP contribution in [-0.2, 0) is 5.41 Å². The van der Waals surface area contributed by atoms with E-state index in [1.54, 1.807) is 0 Å². The zero-order chi connectivity index (χ0) is 14.0. The van der Waals surface area contributed by atoms with Gasteiger partial charge in [-0.25, -0.2) is 4.98 Å². The minimum atomic E-state index is 0.161. The molecule has 0 aromatic carbocycles. The SMILES string of the molecule is CC1CCCN(c2ccc(C(C)(C)C)cn2)C1CN. The maximum Gasteiger partial charge on any atom is 0.128 e. The van der Waals surface area contributed by atoms with Crippen molar-refractivity contribution in [3.8, 4) is 0 Å². The van der Waals surface area contributed by atoms with Crippen LogP contribution in [0.15, 0.2) is 18.3 Å². The van der Waals surface area contributed by atoms with Gasteiger partial charge in [-0.1, -0.05) is 33.8 Å². The zero-order valence-electron chi connectivity index (χ0n) is 12.7. The van der Waals surface area contributed by atoms with E-state index in [1.165, 1.54) is 18.4 Å². The summed E-state index contributed by atoms with van der Waals surface area (Å²) in [5.74, 6) is 1.73. The van der Waals surface area contributed by atoms with Crippen molar-refractivity contribution < 1.29 is 0 Å². The van der Waals surface area contributed by atoms with Gasteiger partial charge in [0.1, 0.15) is 5.82 Å². The molecule has 0 amide bonds. The van der Waals surface area contributed by atoms with Crippen molar-refractivity contribution in [1.29, 1.82) is 0 Å².